The third kappa shape index (κ3) is 3.83. The van der Waals surface area contributed by atoms with Crippen molar-refractivity contribution in [3.63, 3.8) is 0 Å². The molecule has 1 aliphatic rings. The molecule has 20 heavy (non-hydrogen) atoms. The molecule has 1 saturated heterocycles. The van der Waals surface area contributed by atoms with Crippen LogP contribution in [-0.2, 0) is 14.3 Å². The number of amides is 2. The molecule has 8 heteroatoms. The number of aliphatic hydroxyl groups is 1. The van der Waals surface area contributed by atoms with E-state index in [1.54, 1.807) is 13.8 Å². The summed E-state index contributed by atoms with van der Waals surface area (Å²) in [6, 6.07) is -1.64. The van der Waals surface area contributed by atoms with E-state index in [0.717, 1.165) is 4.90 Å². The summed E-state index contributed by atoms with van der Waals surface area (Å²) in [4.78, 5) is 37.0. The van der Waals surface area contributed by atoms with E-state index >= 15 is 0 Å². The van der Waals surface area contributed by atoms with Crippen LogP contribution in [0.2, 0.25) is 0 Å². The number of aliphatic carboxylic acids is 1. The summed E-state index contributed by atoms with van der Waals surface area (Å²) in [5.74, 6) is -1.71. The minimum Gasteiger partial charge on any atom is -0.480 e. The number of ether oxygens (including phenoxy) is 1. The van der Waals surface area contributed by atoms with Crippen LogP contribution in [0, 0.1) is 0 Å². The van der Waals surface area contributed by atoms with Crippen LogP contribution in [0.5, 0.6) is 0 Å². The maximum absolute atomic E-state index is 12.2. The number of hydrogen-bond acceptors (Lipinski definition) is 5. The number of carbonyl (C=O) groups is 3. The highest BCUT2D eigenvalue weighted by molar-refractivity contribution is 5.86. The normalized spacial score (nSPS) is 21.6. The highest BCUT2D eigenvalue weighted by Crippen LogP contribution is 2.20. The Hall–Kier alpha value is -1.83. The number of hydrogen-bond donors (Lipinski definition) is 2. The summed E-state index contributed by atoms with van der Waals surface area (Å²) in [5, 5.41) is 18.6. The lowest BCUT2D eigenvalue weighted by Crippen LogP contribution is -2.49. The van der Waals surface area contributed by atoms with Crippen molar-refractivity contribution >= 4 is 18.0 Å². The first-order chi connectivity index (χ1) is 9.40. The Labute approximate surface area is 116 Å². The zero-order valence-corrected chi connectivity index (χ0v) is 11.6. The SMILES string of the molecule is CCOC(=O)CN(CC)C(=O)N1C[C@H](O)C[C@@H]1C(=O)O. The molecule has 1 fully saturated rings. The molecule has 0 unspecified atom stereocenters. The first kappa shape index (κ1) is 16.2. The molecule has 0 bridgehead atoms. The van der Waals surface area contributed by atoms with Gasteiger partial charge in [0.25, 0.3) is 0 Å². The predicted molar refractivity (Wildman–Crippen MR) is 68.0 cm³/mol. The lowest BCUT2D eigenvalue weighted by molar-refractivity contribution is -0.143. The van der Waals surface area contributed by atoms with Crippen LogP contribution in [0.4, 0.5) is 4.79 Å². The number of carboxylic acids is 1. The molecule has 1 aliphatic heterocycles. The van der Waals surface area contributed by atoms with Crippen molar-refractivity contribution in [2.24, 2.45) is 0 Å². The average molecular weight is 288 g/mol. The zero-order valence-electron chi connectivity index (χ0n) is 11.6. The van der Waals surface area contributed by atoms with Crippen LogP contribution < -0.4 is 0 Å². The van der Waals surface area contributed by atoms with Gasteiger partial charge in [0, 0.05) is 19.5 Å². The summed E-state index contributed by atoms with van der Waals surface area (Å²) in [6.07, 6.45) is -0.862. The van der Waals surface area contributed by atoms with Crippen molar-refractivity contribution in [1.29, 1.82) is 0 Å². The predicted octanol–water partition coefficient (Wildman–Crippen LogP) is -0.489. The first-order valence-electron chi connectivity index (χ1n) is 6.52. The number of aliphatic hydroxyl groups excluding tert-OH is 1. The highest BCUT2D eigenvalue weighted by atomic mass is 16.5. The van der Waals surface area contributed by atoms with Gasteiger partial charge in [0.05, 0.1) is 12.7 Å². The molecule has 114 valence electrons. The van der Waals surface area contributed by atoms with Gasteiger partial charge >= 0.3 is 18.0 Å². The second kappa shape index (κ2) is 7.09. The molecular formula is C12H20N2O6. The maximum Gasteiger partial charge on any atom is 0.326 e. The fourth-order valence-corrected chi connectivity index (χ4v) is 2.12. The largest absolute Gasteiger partial charge is 0.480 e. The van der Waals surface area contributed by atoms with Crippen molar-refractivity contribution in [3.8, 4) is 0 Å². The highest BCUT2D eigenvalue weighted by Gasteiger charge is 2.40. The van der Waals surface area contributed by atoms with E-state index in [-0.39, 0.29) is 32.7 Å². The van der Waals surface area contributed by atoms with Gasteiger partial charge in [0.15, 0.2) is 0 Å². The van der Waals surface area contributed by atoms with Gasteiger partial charge in [-0.1, -0.05) is 0 Å². The molecule has 0 saturated carbocycles. The van der Waals surface area contributed by atoms with Crippen molar-refractivity contribution < 1.29 is 29.3 Å². The van der Waals surface area contributed by atoms with Crippen LogP contribution in [0.15, 0.2) is 0 Å². The minimum absolute atomic E-state index is 0.00195. The monoisotopic (exact) mass is 288 g/mol. The molecule has 0 aromatic carbocycles. The third-order valence-electron chi connectivity index (χ3n) is 3.09. The van der Waals surface area contributed by atoms with Gasteiger partial charge in [0.1, 0.15) is 12.6 Å². The number of urea groups is 1. The standard InChI is InChI=1S/C12H20N2O6/c1-3-13(7-10(16)20-4-2)12(19)14-6-8(15)5-9(14)11(17)18/h8-9,15H,3-7H2,1-2H3,(H,17,18)/t8-,9-/m1/s1. The molecule has 0 aromatic heterocycles. The van der Waals surface area contributed by atoms with E-state index in [4.69, 9.17) is 9.84 Å². The molecule has 2 atom stereocenters. The van der Waals surface area contributed by atoms with E-state index in [2.05, 4.69) is 0 Å². The number of esters is 1. The third-order valence-corrected chi connectivity index (χ3v) is 3.09. The number of likely N-dealkylation sites (N-methyl/N-ethyl adjacent to an activating group) is 1. The number of nitrogens with zero attached hydrogens (tertiary/aromatic N) is 2. The Kier molecular flexibility index (Phi) is 5.75. The van der Waals surface area contributed by atoms with E-state index in [1.165, 1.54) is 4.90 Å². The van der Waals surface area contributed by atoms with E-state index in [0.29, 0.717) is 0 Å². The molecule has 1 heterocycles. The van der Waals surface area contributed by atoms with Gasteiger partial charge in [-0.05, 0) is 13.8 Å². The molecule has 2 N–H and O–H groups in total. The molecule has 0 aromatic rings. The Morgan fingerprint density at radius 1 is 1.35 bits per heavy atom. The summed E-state index contributed by atoms with van der Waals surface area (Å²) in [5.41, 5.74) is 0. The number of β-amino-alcohol motifs (C(OH)–C–C–N with tert-alkyl or cyclic N) is 1. The zero-order chi connectivity index (χ0) is 15.3. The summed E-state index contributed by atoms with van der Waals surface area (Å²) < 4.78 is 4.77. The lowest BCUT2D eigenvalue weighted by atomic mass is 10.2. The topological polar surface area (TPSA) is 107 Å². The molecular weight excluding hydrogens is 268 g/mol. The molecule has 0 aliphatic carbocycles. The Balaban J connectivity index is 2.74. The van der Waals surface area contributed by atoms with Crippen molar-refractivity contribution in [2.75, 3.05) is 26.2 Å². The van der Waals surface area contributed by atoms with Crippen LogP contribution in [-0.4, -0.2) is 76.4 Å². The van der Waals surface area contributed by atoms with Gasteiger partial charge in [-0.25, -0.2) is 9.59 Å². The Morgan fingerprint density at radius 2 is 2.00 bits per heavy atom. The fraction of sp³-hybridized carbons (Fsp3) is 0.750. The van der Waals surface area contributed by atoms with E-state index < -0.39 is 30.1 Å². The van der Waals surface area contributed by atoms with Gasteiger partial charge in [-0.15, -0.1) is 0 Å². The van der Waals surface area contributed by atoms with Crippen LogP contribution in [0.1, 0.15) is 20.3 Å². The smallest absolute Gasteiger partial charge is 0.326 e. The van der Waals surface area contributed by atoms with Gasteiger partial charge in [-0.2, -0.15) is 0 Å². The summed E-state index contributed by atoms with van der Waals surface area (Å²) in [7, 11) is 0. The van der Waals surface area contributed by atoms with Crippen molar-refractivity contribution in [3.05, 3.63) is 0 Å². The molecule has 0 radical (unpaired) electrons. The molecule has 2 amide bonds. The van der Waals surface area contributed by atoms with E-state index in [1.807, 2.05) is 0 Å². The quantitative estimate of drug-likeness (QED) is 0.661. The van der Waals surface area contributed by atoms with Crippen LogP contribution in [0.3, 0.4) is 0 Å². The second-order valence-electron chi connectivity index (χ2n) is 4.50. The molecule has 1 rings (SSSR count). The van der Waals surface area contributed by atoms with E-state index in [9.17, 15) is 19.5 Å². The van der Waals surface area contributed by atoms with Gasteiger partial charge in [0.2, 0.25) is 0 Å². The number of carboxylic acid groups (broad SMARTS) is 1. The number of likely N-dealkylation sites (tertiary alicyclic amines) is 1. The number of rotatable bonds is 5. The molecule has 0 spiro atoms. The second-order valence-corrected chi connectivity index (χ2v) is 4.50. The summed E-state index contributed by atoms with van der Waals surface area (Å²) in [6.45, 7) is 3.52. The Morgan fingerprint density at radius 3 is 2.50 bits per heavy atom. The van der Waals surface area contributed by atoms with Crippen molar-refractivity contribution in [2.45, 2.75) is 32.4 Å². The van der Waals surface area contributed by atoms with Crippen LogP contribution >= 0.6 is 0 Å². The fourth-order valence-electron chi connectivity index (χ4n) is 2.12. The first-order valence-corrected chi connectivity index (χ1v) is 6.52. The molecule has 8 nitrogen and oxygen atoms in total. The van der Waals surface area contributed by atoms with Gasteiger partial charge in [-0.3, -0.25) is 4.79 Å². The minimum atomic E-state index is -1.16. The van der Waals surface area contributed by atoms with Crippen LogP contribution in [0.25, 0.3) is 0 Å². The average Bonchev–Trinajstić information content (AvgIpc) is 2.78. The lowest BCUT2D eigenvalue weighted by Gasteiger charge is -2.28. The van der Waals surface area contributed by atoms with Crippen molar-refractivity contribution in [1.82, 2.24) is 9.80 Å². The number of carbonyl (C=O) groups excluding carboxylic acids is 2. The Bertz CT molecular complexity index is 386. The maximum atomic E-state index is 12.2. The van der Waals surface area contributed by atoms with Gasteiger partial charge < -0.3 is 24.7 Å². The summed E-state index contributed by atoms with van der Waals surface area (Å²) >= 11 is 0.